The molecule has 8 nitrogen and oxygen atoms in total. The van der Waals surface area contributed by atoms with Crippen molar-refractivity contribution in [1.82, 2.24) is 10.2 Å². The van der Waals surface area contributed by atoms with Crippen molar-refractivity contribution in [3.05, 3.63) is 12.2 Å². The molecule has 0 spiro atoms. The maximum atomic E-state index is 12.0. The molecule has 1 aliphatic heterocycles. The summed E-state index contributed by atoms with van der Waals surface area (Å²) in [5.74, 6) is -1.50. The third kappa shape index (κ3) is 8.92. The predicted octanol–water partition coefficient (Wildman–Crippen LogP) is 1.67. The van der Waals surface area contributed by atoms with Crippen molar-refractivity contribution in [2.45, 2.75) is 77.9 Å². The van der Waals surface area contributed by atoms with Crippen LogP contribution < -0.4 is 5.32 Å². The molecule has 1 aliphatic rings. The van der Waals surface area contributed by atoms with E-state index in [4.69, 9.17) is 4.74 Å². The van der Waals surface area contributed by atoms with Gasteiger partial charge in [0.05, 0.1) is 6.04 Å². The minimum Gasteiger partial charge on any atom is -0.460 e. The van der Waals surface area contributed by atoms with Crippen LogP contribution in [0.15, 0.2) is 12.2 Å². The van der Waals surface area contributed by atoms with Gasteiger partial charge in [0.1, 0.15) is 5.60 Å². The highest BCUT2D eigenvalue weighted by molar-refractivity contribution is 6.12. The number of ether oxygens (including phenoxy) is 1. The Balaban J connectivity index is 2.26. The van der Waals surface area contributed by atoms with Crippen molar-refractivity contribution in [1.29, 1.82) is 0 Å². The van der Waals surface area contributed by atoms with E-state index in [1.54, 1.807) is 20.8 Å². The van der Waals surface area contributed by atoms with Crippen molar-refractivity contribution < 1.29 is 28.7 Å². The predicted molar refractivity (Wildman–Crippen MR) is 102 cm³/mol. The number of ketones is 1. The average Bonchev–Trinajstić information content (AvgIpc) is 2.88. The first-order valence-corrected chi connectivity index (χ1v) is 9.55. The molecule has 0 unspecified atom stereocenters. The molecule has 0 saturated carbocycles. The number of carbonyl (C=O) groups excluding carboxylic acids is 5. The first kappa shape index (κ1) is 23.5. The standard InChI is InChI=1S/C20H30N2O6/c1-14(23)15(9-12-19(27)28-20(2,3)4)21-16(24)8-6-5-7-13-22-17(25)10-11-18(22)26/h10-11,15H,5-9,12-13H2,1-4H3,(H,21,24)/t15-/m0/s1. The summed E-state index contributed by atoms with van der Waals surface area (Å²) in [6.45, 7) is 7.00. The molecule has 8 heteroatoms. The number of nitrogens with zero attached hydrogens (tertiary/aromatic N) is 1. The van der Waals surface area contributed by atoms with E-state index in [0.29, 0.717) is 25.8 Å². The minimum atomic E-state index is -0.717. The van der Waals surface area contributed by atoms with Crippen molar-refractivity contribution >= 4 is 29.5 Å². The average molecular weight is 394 g/mol. The number of nitrogens with one attached hydrogen (secondary N) is 1. The lowest BCUT2D eigenvalue weighted by atomic mass is 10.1. The highest BCUT2D eigenvalue weighted by Crippen LogP contribution is 2.11. The van der Waals surface area contributed by atoms with E-state index in [1.165, 1.54) is 24.0 Å². The number of hydrogen-bond donors (Lipinski definition) is 1. The minimum absolute atomic E-state index is 0.0493. The third-order valence-electron chi connectivity index (χ3n) is 4.07. The van der Waals surface area contributed by atoms with Gasteiger partial charge in [-0.25, -0.2) is 0 Å². The SMILES string of the molecule is CC(=O)[C@H](CCC(=O)OC(C)(C)C)NC(=O)CCCCCN1C(=O)C=CC1=O. The quantitative estimate of drug-likeness (QED) is 0.324. The number of carbonyl (C=O) groups is 5. The van der Waals surface area contributed by atoms with E-state index < -0.39 is 17.6 Å². The van der Waals surface area contributed by atoms with E-state index in [-0.39, 0.29) is 42.8 Å². The zero-order valence-electron chi connectivity index (χ0n) is 17.1. The summed E-state index contributed by atoms with van der Waals surface area (Å²) in [6.07, 6.45) is 4.83. The van der Waals surface area contributed by atoms with Gasteiger partial charge in [-0.3, -0.25) is 28.9 Å². The Morgan fingerprint density at radius 2 is 1.64 bits per heavy atom. The van der Waals surface area contributed by atoms with Gasteiger partial charge in [-0.05, 0) is 47.0 Å². The molecule has 0 aromatic carbocycles. The lowest BCUT2D eigenvalue weighted by Gasteiger charge is -2.21. The van der Waals surface area contributed by atoms with Crippen LogP contribution in [-0.4, -0.2) is 52.6 Å². The molecule has 1 rings (SSSR count). The Morgan fingerprint density at radius 1 is 1.04 bits per heavy atom. The van der Waals surface area contributed by atoms with Crippen molar-refractivity contribution in [2.24, 2.45) is 0 Å². The summed E-state index contributed by atoms with van der Waals surface area (Å²) >= 11 is 0. The molecular weight excluding hydrogens is 364 g/mol. The van der Waals surface area contributed by atoms with E-state index in [0.717, 1.165) is 0 Å². The van der Waals surface area contributed by atoms with Gasteiger partial charge in [-0.15, -0.1) is 0 Å². The van der Waals surface area contributed by atoms with Crippen LogP contribution in [0.1, 0.15) is 66.2 Å². The molecule has 0 saturated heterocycles. The van der Waals surface area contributed by atoms with Crippen LogP contribution in [0.4, 0.5) is 0 Å². The lowest BCUT2D eigenvalue weighted by molar-refractivity contribution is -0.155. The zero-order chi connectivity index (χ0) is 21.3. The van der Waals surface area contributed by atoms with E-state index >= 15 is 0 Å². The molecule has 0 aromatic heterocycles. The Morgan fingerprint density at radius 3 is 2.18 bits per heavy atom. The molecule has 0 fully saturated rings. The van der Waals surface area contributed by atoms with Gasteiger partial charge in [0.15, 0.2) is 5.78 Å². The summed E-state index contributed by atoms with van der Waals surface area (Å²) < 4.78 is 5.20. The van der Waals surface area contributed by atoms with E-state index in [1.807, 2.05) is 0 Å². The molecule has 0 bridgehead atoms. The van der Waals surface area contributed by atoms with Gasteiger partial charge in [-0.1, -0.05) is 6.42 Å². The number of rotatable bonds is 11. The van der Waals surface area contributed by atoms with Crippen molar-refractivity contribution in [3.63, 3.8) is 0 Å². The number of hydrogen-bond acceptors (Lipinski definition) is 6. The molecule has 1 atom stereocenters. The second kappa shape index (κ2) is 10.7. The number of Topliss-reactive ketones (excluding diaryl/α,β-unsaturated/α-hetero) is 1. The summed E-state index contributed by atoms with van der Waals surface area (Å²) in [6, 6.07) is -0.717. The highest BCUT2D eigenvalue weighted by atomic mass is 16.6. The number of esters is 1. The molecule has 0 radical (unpaired) electrons. The van der Waals surface area contributed by atoms with Crippen LogP contribution in [0.25, 0.3) is 0 Å². The summed E-state index contributed by atoms with van der Waals surface area (Å²) in [7, 11) is 0. The van der Waals surface area contributed by atoms with E-state index in [9.17, 15) is 24.0 Å². The first-order chi connectivity index (χ1) is 13.0. The first-order valence-electron chi connectivity index (χ1n) is 9.55. The molecule has 0 aliphatic carbocycles. The molecule has 3 amide bonds. The van der Waals surface area contributed by atoms with Crippen LogP contribution >= 0.6 is 0 Å². The molecule has 0 aromatic rings. The monoisotopic (exact) mass is 394 g/mol. The maximum absolute atomic E-state index is 12.0. The Bertz CT molecular complexity index is 630. The number of imide groups is 1. The molecule has 28 heavy (non-hydrogen) atoms. The summed E-state index contributed by atoms with van der Waals surface area (Å²) in [5.41, 5.74) is -0.591. The number of unbranched alkanes of at least 4 members (excludes halogenated alkanes) is 2. The second-order valence-electron chi connectivity index (χ2n) is 7.83. The van der Waals surface area contributed by atoms with Crippen LogP contribution in [0.2, 0.25) is 0 Å². The topological polar surface area (TPSA) is 110 Å². The van der Waals surface area contributed by atoms with Gasteiger partial charge in [0.25, 0.3) is 11.8 Å². The largest absolute Gasteiger partial charge is 0.460 e. The van der Waals surface area contributed by atoms with E-state index in [2.05, 4.69) is 5.32 Å². The van der Waals surface area contributed by atoms with Gasteiger partial charge >= 0.3 is 5.97 Å². The van der Waals surface area contributed by atoms with Gasteiger partial charge < -0.3 is 10.1 Å². The molecular formula is C20H30N2O6. The fourth-order valence-electron chi connectivity index (χ4n) is 2.68. The van der Waals surface area contributed by atoms with Gasteiger partial charge in [0.2, 0.25) is 5.91 Å². The smallest absolute Gasteiger partial charge is 0.306 e. The highest BCUT2D eigenvalue weighted by Gasteiger charge is 2.23. The van der Waals surface area contributed by atoms with Crippen molar-refractivity contribution in [3.8, 4) is 0 Å². The fraction of sp³-hybridized carbons (Fsp3) is 0.650. The summed E-state index contributed by atoms with van der Waals surface area (Å²) in [4.78, 5) is 59.5. The third-order valence-corrected chi connectivity index (χ3v) is 4.07. The lowest BCUT2D eigenvalue weighted by Crippen LogP contribution is -2.40. The summed E-state index contributed by atoms with van der Waals surface area (Å²) in [5, 5.41) is 2.66. The van der Waals surface area contributed by atoms with Gasteiger partial charge in [-0.2, -0.15) is 0 Å². The van der Waals surface area contributed by atoms with Crippen LogP contribution in [0, 0.1) is 0 Å². The van der Waals surface area contributed by atoms with Crippen LogP contribution in [-0.2, 0) is 28.7 Å². The van der Waals surface area contributed by atoms with Gasteiger partial charge in [0, 0.05) is 31.5 Å². The van der Waals surface area contributed by atoms with Crippen LogP contribution in [0.5, 0.6) is 0 Å². The Hall–Kier alpha value is -2.51. The maximum Gasteiger partial charge on any atom is 0.306 e. The second-order valence-corrected chi connectivity index (χ2v) is 7.83. The normalized spacial score (nSPS) is 14.9. The Labute approximate surface area is 165 Å². The Kier molecular flexibility index (Phi) is 9.02. The van der Waals surface area contributed by atoms with Crippen LogP contribution in [0.3, 0.4) is 0 Å². The fourth-order valence-corrected chi connectivity index (χ4v) is 2.68. The number of amides is 3. The molecule has 1 heterocycles. The van der Waals surface area contributed by atoms with Crippen molar-refractivity contribution in [2.75, 3.05) is 6.54 Å². The molecule has 156 valence electrons. The molecule has 1 N–H and O–H groups in total. The zero-order valence-corrected chi connectivity index (χ0v) is 17.1.